The van der Waals surface area contributed by atoms with Gasteiger partial charge in [-0.1, -0.05) is 45.0 Å². The van der Waals surface area contributed by atoms with Gasteiger partial charge >= 0.3 is 5.97 Å². The summed E-state index contributed by atoms with van der Waals surface area (Å²) in [6, 6.07) is 14.2. The van der Waals surface area contributed by atoms with E-state index in [1.165, 1.54) is 22.9 Å². The number of aromatic nitrogens is 4. The predicted molar refractivity (Wildman–Crippen MR) is 174 cm³/mol. The van der Waals surface area contributed by atoms with E-state index in [2.05, 4.69) is 41.2 Å². The number of ether oxygens (including phenoxy) is 1. The van der Waals surface area contributed by atoms with E-state index in [4.69, 9.17) is 14.7 Å². The van der Waals surface area contributed by atoms with Crippen LogP contribution in [-0.2, 0) is 17.6 Å². The molecule has 2 fully saturated rings. The zero-order valence-electron chi connectivity index (χ0n) is 26.8. The van der Waals surface area contributed by atoms with Gasteiger partial charge in [0.1, 0.15) is 11.7 Å². The molecule has 238 valence electrons. The Hall–Kier alpha value is -4.53. The number of piperidine rings is 1. The highest BCUT2D eigenvalue weighted by molar-refractivity contribution is 5.89. The fourth-order valence-electron chi connectivity index (χ4n) is 7.30. The topological polar surface area (TPSA) is 110 Å². The number of pyridine rings is 2. The van der Waals surface area contributed by atoms with Gasteiger partial charge in [-0.25, -0.2) is 19.4 Å². The van der Waals surface area contributed by atoms with Gasteiger partial charge in [0.15, 0.2) is 5.82 Å². The number of hydrogen-bond donors (Lipinski definition) is 1. The lowest BCUT2D eigenvalue weighted by atomic mass is 9.87. The maximum atomic E-state index is 12.6. The molecule has 0 bridgehead atoms. The maximum absolute atomic E-state index is 12.6. The van der Waals surface area contributed by atoms with Gasteiger partial charge in [0.05, 0.1) is 17.6 Å². The molecule has 1 amide bonds. The first kappa shape index (κ1) is 30.1. The van der Waals surface area contributed by atoms with Gasteiger partial charge in [0.2, 0.25) is 11.8 Å². The summed E-state index contributed by atoms with van der Waals surface area (Å²) in [5, 5.41) is 14.1. The van der Waals surface area contributed by atoms with Crippen molar-refractivity contribution in [3.05, 3.63) is 88.4 Å². The van der Waals surface area contributed by atoms with Gasteiger partial charge in [0, 0.05) is 42.4 Å². The van der Waals surface area contributed by atoms with Crippen molar-refractivity contribution in [2.24, 2.45) is 5.92 Å². The summed E-state index contributed by atoms with van der Waals surface area (Å²) in [5.74, 6) is 1.21. The number of carboxylic acids is 1. The van der Waals surface area contributed by atoms with Crippen LogP contribution >= 0.6 is 0 Å². The van der Waals surface area contributed by atoms with Gasteiger partial charge in [-0.05, 0) is 85.6 Å². The van der Waals surface area contributed by atoms with E-state index in [9.17, 15) is 14.7 Å². The largest absolute Gasteiger partial charge is 0.478 e. The fourth-order valence-corrected chi connectivity index (χ4v) is 7.30. The molecule has 1 atom stereocenters. The van der Waals surface area contributed by atoms with Crippen molar-refractivity contribution in [3.8, 4) is 23.0 Å². The first-order chi connectivity index (χ1) is 22.3. The van der Waals surface area contributed by atoms with Crippen molar-refractivity contribution in [1.82, 2.24) is 24.6 Å². The average molecular weight is 620 g/mol. The highest BCUT2D eigenvalue weighted by atomic mass is 16.5. The van der Waals surface area contributed by atoms with Crippen LogP contribution < -0.4 is 4.74 Å². The van der Waals surface area contributed by atoms with Crippen LogP contribution in [0, 0.1) is 5.92 Å². The van der Waals surface area contributed by atoms with Crippen LogP contribution in [-0.4, -0.2) is 54.7 Å². The zero-order valence-corrected chi connectivity index (χ0v) is 26.8. The summed E-state index contributed by atoms with van der Waals surface area (Å²) in [5.41, 5.74) is 7.51. The molecule has 7 rings (SSSR count). The number of rotatable bonds is 9. The van der Waals surface area contributed by atoms with E-state index in [-0.39, 0.29) is 23.5 Å². The number of aromatic carboxylic acids is 1. The third-order valence-electron chi connectivity index (χ3n) is 9.82. The number of nitrogens with zero attached hydrogens (tertiary/aromatic N) is 5. The van der Waals surface area contributed by atoms with Crippen molar-refractivity contribution < 1.29 is 19.4 Å². The lowest BCUT2D eigenvalue weighted by Gasteiger charge is -2.33. The second kappa shape index (κ2) is 12.3. The van der Waals surface area contributed by atoms with Crippen LogP contribution in [0.5, 0.6) is 5.88 Å². The lowest BCUT2D eigenvalue weighted by Crippen LogP contribution is -2.38. The van der Waals surface area contributed by atoms with Gasteiger partial charge in [-0.15, -0.1) is 0 Å². The van der Waals surface area contributed by atoms with Gasteiger partial charge < -0.3 is 14.7 Å². The number of carbonyl (C=O) groups excluding carboxylic acids is 1. The molecule has 0 unspecified atom stereocenters. The molecule has 2 aliphatic carbocycles. The molecule has 1 N–H and O–H groups in total. The number of carbonyl (C=O) groups is 2. The highest BCUT2D eigenvalue weighted by Gasteiger charge is 2.35. The summed E-state index contributed by atoms with van der Waals surface area (Å²) in [7, 11) is 0. The normalized spacial score (nSPS) is 18.2. The van der Waals surface area contributed by atoms with Gasteiger partial charge in [-0.2, -0.15) is 5.10 Å². The van der Waals surface area contributed by atoms with Crippen molar-refractivity contribution in [2.45, 2.75) is 83.7 Å². The molecular weight excluding hydrogens is 578 g/mol. The molecule has 0 spiro atoms. The maximum Gasteiger partial charge on any atom is 0.339 e. The molecule has 3 aromatic heterocycles. The van der Waals surface area contributed by atoms with E-state index in [1.807, 2.05) is 38.2 Å². The quantitative estimate of drug-likeness (QED) is 0.217. The number of carboxylic acid groups (broad SMARTS) is 1. The van der Waals surface area contributed by atoms with E-state index >= 15 is 0 Å². The summed E-state index contributed by atoms with van der Waals surface area (Å²) in [6.45, 7) is 7.76. The Bertz CT molecular complexity index is 1780. The van der Waals surface area contributed by atoms with E-state index in [1.54, 1.807) is 4.68 Å². The molecular formula is C37H41N5O4. The highest BCUT2D eigenvalue weighted by Crippen LogP contribution is 2.42. The molecule has 4 aromatic rings. The molecule has 1 saturated heterocycles. The molecule has 1 saturated carbocycles. The molecule has 3 aliphatic rings. The van der Waals surface area contributed by atoms with Gasteiger partial charge in [0.25, 0.3) is 0 Å². The van der Waals surface area contributed by atoms with Crippen LogP contribution in [0.2, 0.25) is 0 Å². The monoisotopic (exact) mass is 619 g/mol. The summed E-state index contributed by atoms with van der Waals surface area (Å²) in [4.78, 5) is 36.3. The second-order valence-electron chi connectivity index (χ2n) is 13.2. The Kier molecular flexibility index (Phi) is 8.09. The van der Waals surface area contributed by atoms with Crippen molar-refractivity contribution in [1.29, 1.82) is 0 Å². The zero-order chi connectivity index (χ0) is 31.9. The lowest BCUT2D eigenvalue weighted by molar-refractivity contribution is -0.133. The standard InChI is InChI=1S/C37H41N5O4/c1-4-23-19-33(38-20-28(23)24-15-17-41(18-16-24)36(43)26-11-12-26)46-31-14-13-25-7-5-8-27(34(25)31)30-9-6-10-32(40-30)42-35(22(2)3)29(21-39-42)37(44)45/h5-10,19-22,24,26,31H,4,11-18H2,1-3H3,(H,44,45)/t31-/m0/s1. The second-order valence-corrected chi connectivity index (χ2v) is 13.2. The van der Waals surface area contributed by atoms with Crippen LogP contribution in [0.25, 0.3) is 17.1 Å². The summed E-state index contributed by atoms with van der Waals surface area (Å²) in [6.07, 6.45) is 9.97. The first-order valence-electron chi connectivity index (χ1n) is 16.7. The number of likely N-dealkylation sites (tertiary alicyclic amines) is 1. The number of fused-ring (bicyclic) bond motifs is 1. The van der Waals surface area contributed by atoms with Crippen molar-refractivity contribution >= 4 is 11.9 Å². The van der Waals surface area contributed by atoms with E-state index < -0.39 is 5.97 Å². The molecule has 1 aliphatic heterocycles. The summed E-state index contributed by atoms with van der Waals surface area (Å²) >= 11 is 0. The Morgan fingerprint density at radius 2 is 1.80 bits per heavy atom. The molecule has 4 heterocycles. The van der Waals surface area contributed by atoms with Crippen LogP contribution in [0.1, 0.15) is 109 Å². The molecule has 46 heavy (non-hydrogen) atoms. The van der Waals surface area contributed by atoms with E-state index in [0.29, 0.717) is 29.2 Å². The average Bonchev–Trinajstić information content (AvgIpc) is 3.69. The molecule has 0 radical (unpaired) electrons. The number of aryl methyl sites for hydroxylation is 2. The minimum atomic E-state index is -0.995. The Morgan fingerprint density at radius 3 is 2.52 bits per heavy atom. The minimum absolute atomic E-state index is 0.0472. The van der Waals surface area contributed by atoms with Crippen LogP contribution in [0.3, 0.4) is 0 Å². The molecule has 9 nitrogen and oxygen atoms in total. The number of amides is 1. The number of benzene rings is 1. The van der Waals surface area contributed by atoms with Crippen LogP contribution in [0.4, 0.5) is 0 Å². The van der Waals surface area contributed by atoms with Gasteiger partial charge in [-0.3, -0.25) is 4.79 Å². The predicted octanol–water partition coefficient (Wildman–Crippen LogP) is 6.90. The minimum Gasteiger partial charge on any atom is -0.478 e. The Balaban J connectivity index is 1.13. The Morgan fingerprint density at radius 1 is 1.02 bits per heavy atom. The smallest absolute Gasteiger partial charge is 0.339 e. The SMILES string of the molecule is CCc1cc(O[C@H]2CCc3cccc(-c4cccc(-n5ncc(C(=O)O)c5C(C)C)n4)c32)ncc1C1CCN(C(=O)C2CC2)CC1. The Labute approximate surface area is 269 Å². The third-order valence-corrected chi connectivity index (χ3v) is 9.82. The molecule has 9 heteroatoms. The third kappa shape index (κ3) is 5.67. The number of hydrogen-bond acceptors (Lipinski definition) is 6. The molecule has 1 aromatic carbocycles. The first-order valence-corrected chi connectivity index (χ1v) is 16.7. The fraction of sp³-hybridized carbons (Fsp3) is 0.432. The summed E-state index contributed by atoms with van der Waals surface area (Å²) < 4.78 is 8.29. The van der Waals surface area contributed by atoms with Crippen molar-refractivity contribution in [2.75, 3.05) is 13.1 Å². The van der Waals surface area contributed by atoms with Crippen LogP contribution in [0.15, 0.2) is 54.9 Å². The van der Waals surface area contributed by atoms with Crippen molar-refractivity contribution in [3.63, 3.8) is 0 Å². The van der Waals surface area contributed by atoms with E-state index in [0.717, 1.165) is 74.9 Å².